The number of methoxy groups -OCH3 is 1. The van der Waals surface area contributed by atoms with Crippen LogP contribution in [0, 0.1) is 0 Å². The molecule has 0 aliphatic heterocycles. The van der Waals surface area contributed by atoms with Crippen molar-refractivity contribution in [2.75, 3.05) is 19.1 Å². The topological polar surface area (TPSA) is 67.4 Å². The van der Waals surface area contributed by atoms with Crippen molar-refractivity contribution in [3.63, 3.8) is 0 Å². The Kier molecular flexibility index (Phi) is 8.67. The molecule has 2 amide bonds. The highest BCUT2D eigenvalue weighted by molar-refractivity contribution is 9.10. The van der Waals surface area contributed by atoms with E-state index in [1.54, 1.807) is 37.1 Å². The molecule has 2 N–H and O–H groups in total. The summed E-state index contributed by atoms with van der Waals surface area (Å²) in [7, 11) is 1.61. The molecule has 2 aromatic carbocycles. The van der Waals surface area contributed by atoms with Crippen LogP contribution in [0.15, 0.2) is 53.0 Å². The summed E-state index contributed by atoms with van der Waals surface area (Å²) < 4.78 is 5.83. The summed E-state index contributed by atoms with van der Waals surface area (Å²) in [5.74, 6) is 1.08. The maximum atomic E-state index is 12.6. The first-order chi connectivity index (χ1) is 13.0. The highest BCUT2D eigenvalue weighted by Gasteiger charge is 2.21. The minimum absolute atomic E-state index is 0.194. The maximum Gasteiger partial charge on any atom is 0.253 e. The van der Waals surface area contributed by atoms with Crippen LogP contribution in [-0.4, -0.2) is 37.0 Å². The normalized spacial score (nSPS) is 11.5. The van der Waals surface area contributed by atoms with Crippen LogP contribution >= 0.6 is 27.7 Å². The van der Waals surface area contributed by atoms with Gasteiger partial charge in [-0.3, -0.25) is 9.59 Å². The molecule has 27 heavy (non-hydrogen) atoms. The third-order valence-electron chi connectivity index (χ3n) is 3.98. The minimum atomic E-state index is -0.588. The molecule has 0 saturated carbocycles. The molecule has 0 radical (unpaired) electrons. The first-order valence-corrected chi connectivity index (χ1v) is 10.7. The number of nitrogens with one attached hydrogen (secondary N) is 2. The molecule has 0 spiro atoms. The fraction of sp³-hybridized carbons (Fsp3) is 0.300. The van der Waals surface area contributed by atoms with Crippen LogP contribution in [0.2, 0.25) is 0 Å². The van der Waals surface area contributed by atoms with E-state index in [9.17, 15) is 9.59 Å². The van der Waals surface area contributed by atoms with Gasteiger partial charge in [-0.2, -0.15) is 11.8 Å². The number of rotatable bonds is 9. The van der Waals surface area contributed by atoms with Crippen LogP contribution in [0.25, 0.3) is 0 Å². The number of amides is 2. The van der Waals surface area contributed by atoms with Crippen molar-refractivity contribution < 1.29 is 14.3 Å². The molecule has 144 valence electrons. The van der Waals surface area contributed by atoms with Gasteiger partial charge in [0, 0.05) is 11.0 Å². The van der Waals surface area contributed by atoms with Gasteiger partial charge in [0.15, 0.2) is 0 Å². The third-order valence-corrected chi connectivity index (χ3v) is 5.31. The van der Waals surface area contributed by atoms with Gasteiger partial charge in [-0.05, 0) is 64.2 Å². The number of halogens is 1. The van der Waals surface area contributed by atoms with Gasteiger partial charge in [0.05, 0.1) is 12.7 Å². The molecule has 0 unspecified atom stereocenters. The first-order valence-electron chi connectivity index (χ1n) is 8.50. The second-order valence-corrected chi connectivity index (χ2v) is 7.69. The Morgan fingerprint density at radius 2 is 1.85 bits per heavy atom. The molecule has 0 saturated heterocycles. The smallest absolute Gasteiger partial charge is 0.253 e. The van der Waals surface area contributed by atoms with Crippen LogP contribution in [0.3, 0.4) is 0 Å². The van der Waals surface area contributed by atoms with Crippen LogP contribution in [0.1, 0.15) is 22.3 Å². The zero-order valence-electron chi connectivity index (χ0n) is 15.3. The van der Waals surface area contributed by atoms with Gasteiger partial charge in [-0.15, -0.1) is 0 Å². The average Bonchev–Trinajstić information content (AvgIpc) is 2.69. The summed E-state index contributed by atoms with van der Waals surface area (Å²) in [6.07, 6.45) is 2.54. The van der Waals surface area contributed by atoms with Crippen LogP contribution in [-0.2, 0) is 11.3 Å². The lowest BCUT2D eigenvalue weighted by Crippen LogP contribution is -2.47. The van der Waals surface area contributed by atoms with Gasteiger partial charge < -0.3 is 15.4 Å². The lowest BCUT2D eigenvalue weighted by molar-refractivity contribution is -0.123. The Morgan fingerprint density at radius 1 is 1.15 bits per heavy atom. The van der Waals surface area contributed by atoms with Crippen molar-refractivity contribution in [1.82, 2.24) is 10.6 Å². The van der Waals surface area contributed by atoms with Gasteiger partial charge in [0.25, 0.3) is 5.91 Å². The SMILES string of the molecule is COc1ccc(CNC(=O)[C@@H](CCSC)NC(=O)c2ccccc2Br)cc1. The van der Waals surface area contributed by atoms with E-state index in [2.05, 4.69) is 26.6 Å². The molecule has 0 heterocycles. The molecule has 0 aromatic heterocycles. The number of benzene rings is 2. The highest BCUT2D eigenvalue weighted by Crippen LogP contribution is 2.16. The van der Waals surface area contributed by atoms with Crippen molar-refractivity contribution in [1.29, 1.82) is 0 Å². The Bertz CT molecular complexity index is 768. The third kappa shape index (κ3) is 6.59. The Balaban J connectivity index is 1.99. The van der Waals surface area contributed by atoms with Crippen LogP contribution in [0.5, 0.6) is 5.75 Å². The maximum absolute atomic E-state index is 12.6. The molecular weight excluding hydrogens is 428 g/mol. The molecule has 0 fully saturated rings. The molecular formula is C20H23BrN2O3S. The predicted octanol–water partition coefficient (Wildman–Crippen LogP) is 3.63. The zero-order chi connectivity index (χ0) is 19.6. The van der Waals surface area contributed by atoms with E-state index in [-0.39, 0.29) is 11.8 Å². The number of hydrogen-bond donors (Lipinski definition) is 2. The number of hydrogen-bond acceptors (Lipinski definition) is 4. The van der Waals surface area contributed by atoms with E-state index in [4.69, 9.17) is 4.74 Å². The van der Waals surface area contributed by atoms with E-state index in [0.29, 0.717) is 23.0 Å². The van der Waals surface area contributed by atoms with Crippen molar-refractivity contribution in [2.45, 2.75) is 19.0 Å². The van der Waals surface area contributed by atoms with E-state index >= 15 is 0 Å². The van der Waals surface area contributed by atoms with E-state index in [0.717, 1.165) is 17.1 Å². The largest absolute Gasteiger partial charge is 0.497 e. The Morgan fingerprint density at radius 3 is 2.48 bits per heavy atom. The van der Waals surface area contributed by atoms with Gasteiger partial charge in [-0.1, -0.05) is 24.3 Å². The summed E-state index contributed by atoms with van der Waals surface area (Å²) >= 11 is 5.01. The lowest BCUT2D eigenvalue weighted by Gasteiger charge is -2.19. The van der Waals surface area contributed by atoms with Gasteiger partial charge in [0.2, 0.25) is 5.91 Å². The van der Waals surface area contributed by atoms with Crippen molar-refractivity contribution in [3.8, 4) is 5.75 Å². The summed E-state index contributed by atoms with van der Waals surface area (Å²) in [5.41, 5.74) is 1.47. The van der Waals surface area contributed by atoms with Crippen molar-refractivity contribution >= 4 is 39.5 Å². The molecule has 0 aliphatic rings. The van der Waals surface area contributed by atoms with Crippen molar-refractivity contribution in [3.05, 3.63) is 64.1 Å². The number of ether oxygens (including phenoxy) is 1. The number of carbonyl (C=O) groups is 2. The van der Waals surface area contributed by atoms with Gasteiger partial charge >= 0.3 is 0 Å². The molecule has 1 atom stereocenters. The van der Waals surface area contributed by atoms with Crippen molar-refractivity contribution in [2.24, 2.45) is 0 Å². The average molecular weight is 451 g/mol. The summed E-state index contributed by atoms with van der Waals surface area (Å²) in [5, 5.41) is 5.75. The second-order valence-electron chi connectivity index (χ2n) is 5.85. The molecule has 2 rings (SSSR count). The monoisotopic (exact) mass is 450 g/mol. The predicted molar refractivity (Wildman–Crippen MR) is 113 cm³/mol. The number of carbonyl (C=O) groups excluding carboxylic acids is 2. The minimum Gasteiger partial charge on any atom is -0.497 e. The highest BCUT2D eigenvalue weighted by atomic mass is 79.9. The second kappa shape index (κ2) is 11.0. The standard InChI is InChI=1S/C20H23BrN2O3S/c1-26-15-9-7-14(8-10-15)13-22-20(25)18(11-12-27-2)23-19(24)16-5-3-4-6-17(16)21/h3-10,18H,11-13H2,1-2H3,(H,22,25)(H,23,24)/t18-/m1/s1. The van der Waals surface area contributed by atoms with Crippen LogP contribution < -0.4 is 15.4 Å². The zero-order valence-corrected chi connectivity index (χ0v) is 17.7. The Hall–Kier alpha value is -1.99. The van der Waals surface area contributed by atoms with E-state index < -0.39 is 6.04 Å². The summed E-state index contributed by atoms with van der Waals surface area (Å²) in [6.45, 7) is 0.392. The van der Waals surface area contributed by atoms with Gasteiger partial charge in [0.1, 0.15) is 11.8 Å². The van der Waals surface area contributed by atoms with E-state index in [1.807, 2.05) is 36.6 Å². The first kappa shape index (κ1) is 21.3. The number of thioether (sulfide) groups is 1. The Labute approximate surface area is 172 Å². The van der Waals surface area contributed by atoms with Crippen LogP contribution in [0.4, 0.5) is 0 Å². The summed E-state index contributed by atoms with van der Waals surface area (Å²) in [4.78, 5) is 25.2. The molecule has 2 aromatic rings. The molecule has 0 bridgehead atoms. The lowest BCUT2D eigenvalue weighted by atomic mass is 10.1. The van der Waals surface area contributed by atoms with Gasteiger partial charge in [-0.25, -0.2) is 0 Å². The van der Waals surface area contributed by atoms with E-state index in [1.165, 1.54) is 0 Å². The fourth-order valence-electron chi connectivity index (χ4n) is 2.44. The molecule has 7 heteroatoms. The molecule has 5 nitrogen and oxygen atoms in total. The summed E-state index contributed by atoms with van der Waals surface area (Å²) in [6, 6.07) is 14.1. The molecule has 0 aliphatic carbocycles. The quantitative estimate of drug-likeness (QED) is 0.611. The fourth-order valence-corrected chi connectivity index (χ4v) is 3.38.